The van der Waals surface area contributed by atoms with Gasteiger partial charge < -0.3 is 18.3 Å². The van der Waals surface area contributed by atoms with E-state index in [2.05, 4.69) is 31.2 Å². The van der Waals surface area contributed by atoms with Gasteiger partial charge in [0.05, 0.1) is 26.4 Å². The molecule has 4 nitrogen and oxygen atoms in total. The predicted octanol–water partition coefficient (Wildman–Crippen LogP) is 2.85. The van der Waals surface area contributed by atoms with Gasteiger partial charge in [-0.1, -0.05) is 56.5 Å². The molecule has 1 aromatic carbocycles. The molecule has 0 bridgehead atoms. The topological polar surface area (TPSA) is 36.9 Å². The lowest BCUT2D eigenvalue weighted by atomic mass is 10.3. The zero-order valence-corrected chi connectivity index (χ0v) is 15.2. The van der Waals surface area contributed by atoms with Crippen LogP contribution >= 0.6 is 0 Å². The Kier molecular flexibility index (Phi) is 10.4. The highest BCUT2D eigenvalue weighted by Gasteiger charge is 2.39. The number of unbranched alkanes of at least 4 members (excludes halogenated alkanes) is 2. The van der Waals surface area contributed by atoms with Crippen LogP contribution in [0, 0.1) is 0 Å². The van der Waals surface area contributed by atoms with Crippen molar-refractivity contribution in [1.82, 2.24) is 0 Å². The fraction of sp³-hybridized carbons (Fsp3) is 0.647. The maximum absolute atomic E-state index is 6.29. The van der Waals surface area contributed by atoms with Gasteiger partial charge in [0.15, 0.2) is 0 Å². The van der Waals surface area contributed by atoms with Crippen LogP contribution in [0.5, 0.6) is 0 Å². The number of rotatable bonds is 13. The van der Waals surface area contributed by atoms with E-state index >= 15 is 0 Å². The number of hydrogen-bond donors (Lipinski definition) is 0. The van der Waals surface area contributed by atoms with Crippen molar-refractivity contribution in [3.8, 4) is 0 Å². The van der Waals surface area contributed by atoms with E-state index in [1.165, 1.54) is 18.0 Å². The van der Waals surface area contributed by atoms with E-state index in [0.717, 1.165) is 12.5 Å². The Balaban J connectivity index is 2.88. The second kappa shape index (κ2) is 11.8. The molecule has 0 aliphatic rings. The monoisotopic (exact) mass is 326 g/mol. The molecule has 0 unspecified atom stereocenters. The molecule has 126 valence electrons. The molecular formula is C17H30O4Si. The Hall–Kier alpha value is -0.723. The summed E-state index contributed by atoms with van der Waals surface area (Å²) in [6.45, 7) is 4.52. The van der Waals surface area contributed by atoms with Crippen LogP contribution in [-0.2, 0) is 18.3 Å². The molecule has 0 atom stereocenters. The van der Waals surface area contributed by atoms with Crippen molar-refractivity contribution in [1.29, 1.82) is 0 Å². The molecule has 0 spiro atoms. The standard InChI is InChI=1S/C17H30O4Si/c1-4-5-9-16-22(20-14-12-18-2,21-15-13-19-3)17-10-7-6-8-11-17/h6-8,10-11H,4-5,9,12-16H2,1-3H3. The number of ether oxygens (including phenoxy) is 2. The number of methoxy groups -OCH3 is 2. The predicted molar refractivity (Wildman–Crippen MR) is 91.8 cm³/mol. The molecule has 0 radical (unpaired) electrons. The van der Waals surface area contributed by atoms with E-state index in [-0.39, 0.29) is 0 Å². The maximum atomic E-state index is 6.29. The fourth-order valence-electron chi connectivity index (χ4n) is 2.38. The van der Waals surface area contributed by atoms with Gasteiger partial charge in [-0.15, -0.1) is 0 Å². The molecule has 0 fully saturated rings. The molecular weight excluding hydrogens is 296 g/mol. The number of benzene rings is 1. The first-order chi connectivity index (χ1) is 10.8. The Morgan fingerprint density at radius 1 is 0.818 bits per heavy atom. The van der Waals surface area contributed by atoms with Gasteiger partial charge in [-0.2, -0.15) is 0 Å². The second-order valence-corrected chi connectivity index (χ2v) is 8.42. The van der Waals surface area contributed by atoms with Gasteiger partial charge >= 0.3 is 8.56 Å². The zero-order valence-electron chi connectivity index (χ0n) is 14.2. The van der Waals surface area contributed by atoms with Crippen molar-refractivity contribution < 1.29 is 18.3 Å². The zero-order chi connectivity index (χ0) is 16.1. The second-order valence-electron chi connectivity index (χ2n) is 5.26. The fourth-order valence-corrected chi connectivity index (χ4v) is 5.61. The summed E-state index contributed by atoms with van der Waals surface area (Å²) in [6, 6.07) is 11.3. The summed E-state index contributed by atoms with van der Waals surface area (Å²) in [5.74, 6) is 0. The highest BCUT2D eigenvalue weighted by Crippen LogP contribution is 2.19. The Morgan fingerprint density at radius 2 is 1.41 bits per heavy atom. The lowest BCUT2D eigenvalue weighted by Gasteiger charge is -2.31. The summed E-state index contributed by atoms with van der Waals surface area (Å²) in [5, 5.41) is 1.19. The molecule has 5 heteroatoms. The highest BCUT2D eigenvalue weighted by atomic mass is 28.4. The molecule has 0 aliphatic carbocycles. The van der Waals surface area contributed by atoms with Crippen molar-refractivity contribution in [2.75, 3.05) is 40.6 Å². The van der Waals surface area contributed by atoms with Crippen LogP contribution in [-0.4, -0.2) is 49.2 Å². The van der Waals surface area contributed by atoms with Gasteiger partial charge in [0, 0.05) is 14.2 Å². The normalized spacial score (nSPS) is 11.8. The quantitative estimate of drug-likeness (QED) is 0.413. The van der Waals surface area contributed by atoms with E-state index in [1.54, 1.807) is 14.2 Å². The van der Waals surface area contributed by atoms with Crippen molar-refractivity contribution in [2.45, 2.75) is 32.2 Å². The van der Waals surface area contributed by atoms with Gasteiger partial charge in [0.1, 0.15) is 0 Å². The molecule has 0 saturated heterocycles. The average Bonchev–Trinajstić information content (AvgIpc) is 2.56. The molecule has 0 heterocycles. The Labute approximate surface area is 136 Å². The van der Waals surface area contributed by atoms with Crippen molar-refractivity contribution in [3.05, 3.63) is 30.3 Å². The van der Waals surface area contributed by atoms with Crippen LogP contribution in [0.3, 0.4) is 0 Å². The van der Waals surface area contributed by atoms with E-state index < -0.39 is 8.56 Å². The van der Waals surface area contributed by atoms with Crippen LogP contribution < -0.4 is 5.19 Å². The minimum atomic E-state index is -2.44. The van der Waals surface area contributed by atoms with Gasteiger partial charge in [0.2, 0.25) is 0 Å². The van der Waals surface area contributed by atoms with Gasteiger partial charge in [0.25, 0.3) is 0 Å². The first-order valence-corrected chi connectivity index (χ1v) is 10.1. The van der Waals surface area contributed by atoms with Crippen LogP contribution in [0.4, 0.5) is 0 Å². The molecule has 1 aromatic rings. The van der Waals surface area contributed by atoms with Crippen LogP contribution in [0.2, 0.25) is 6.04 Å². The van der Waals surface area contributed by atoms with Gasteiger partial charge in [-0.05, 0) is 11.2 Å². The third kappa shape index (κ3) is 6.58. The summed E-state index contributed by atoms with van der Waals surface area (Å²) in [7, 11) is 0.942. The van der Waals surface area contributed by atoms with E-state index in [9.17, 15) is 0 Å². The molecule has 1 rings (SSSR count). The van der Waals surface area contributed by atoms with Crippen molar-refractivity contribution >= 4 is 13.7 Å². The van der Waals surface area contributed by atoms with E-state index in [1.807, 2.05) is 6.07 Å². The first kappa shape index (κ1) is 19.3. The summed E-state index contributed by atoms with van der Waals surface area (Å²) in [5.41, 5.74) is 0. The maximum Gasteiger partial charge on any atom is 0.372 e. The minimum absolute atomic E-state index is 0.566. The van der Waals surface area contributed by atoms with E-state index in [4.69, 9.17) is 18.3 Å². The van der Waals surface area contributed by atoms with Crippen molar-refractivity contribution in [2.24, 2.45) is 0 Å². The summed E-state index contributed by atoms with van der Waals surface area (Å²) in [6.07, 6.45) is 3.51. The summed E-state index contributed by atoms with van der Waals surface area (Å²) >= 11 is 0. The smallest absolute Gasteiger partial charge is 0.372 e. The Morgan fingerprint density at radius 3 is 1.91 bits per heavy atom. The molecule has 0 aliphatic heterocycles. The SMILES string of the molecule is CCCCC[Si](OCCOC)(OCCOC)c1ccccc1. The largest absolute Gasteiger partial charge is 0.389 e. The van der Waals surface area contributed by atoms with E-state index in [0.29, 0.717) is 26.4 Å². The molecule has 22 heavy (non-hydrogen) atoms. The lowest BCUT2D eigenvalue weighted by molar-refractivity contribution is 0.0913. The van der Waals surface area contributed by atoms with Crippen molar-refractivity contribution in [3.63, 3.8) is 0 Å². The molecule has 0 N–H and O–H groups in total. The third-order valence-corrected chi connectivity index (χ3v) is 7.13. The Bertz CT molecular complexity index is 346. The highest BCUT2D eigenvalue weighted by molar-refractivity contribution is 6.81. The lowest BCUT2D eigenvalue weighted by Crippen LogP contribution is -2.54. The van der Waals surface area contributed by atoms with Crippen LogP contribution in [0.25, 0.3) is 0 Å². The number of hydrogen-bond acceptors (Lipinski definition) is 4. The molecule has 0 saturated carbocycles. The van der Waals surface area contributed by atoms with Crippen LogP contribution in [0.1, 0.15) is 26.2 Å². The summed E-state index contributed by atoms with van der Waals surface area (Å²) in [4.78, 5) is 0. The molecule has 0 aromatic heterocycles. The van der Waals surface area contributed by atoms with Gasteiger partial charge in [-0.3, -0.25) is 0 Å². The summed E-state index contributed by atoms with van der Waals surface area (Å²) < 4.78 is 22.9. The third-order valence-electron chi connectivity index (χ3n) is 3.57. The minimum Gasteiger partial charge on any atom is -0.389 e. The average molecular weight is 327 g/mol. The molecule has 0 amide bonds. The first-order valence-electron chi connectivity index (χ1n) is 8.10. The van der Waals surface area contributed by atoms with Crippen LogP contribution in [0.15, 0.2) is 30.3 Å². The van der Waals surface area contributed by atoms with Gasteiger partial charge in [-0.25, -0.2) is 0 Å².